The van der Waals surface area contributed by atoms with Crippen molar-refractivity contribution in [2.45, 2.75) is 18.4 Å². The summed E-state index contributed by atoms with van der Waals surface area (Å²) in [4.78, 5) is 16.9. The zero-order valence-electron chi connectivity index (χ0n) is 5.85. The number of aliphatic hydroxyl groups excluding tert-OH is 1. The minimum atomic E-state index is -4.27. The number of hydrogen-bond acceptors (Lipinski definition) is 2. The van der Waals surface area contributed by atoms with Crippen LogP contribution in [0.1, 0.15) is 6.92 Å². The molecule has 62 valence electrons. The first kappa shape index (κ1) is 10.5. The molecular weight excluding hydrogens is 174 g/mol. The molecule has 4 nitrogen and oxygen atoms in total. The highest BCUT2D eigenvalue weighted by Crippen LogP contribution is 2.44. The Kier molecular flexibility index (Phi) is 4.00. The maximum absolute atomic E-state index is 10.4. The lowest BCUT2D eigenvalue weighted by atomic mass is 10.5. The van der Waals surface area contributed by atoms with Gasteiger partial charge in [-0.15, -0.1) is 8.58 Å². The zero-order chi connectivity index (χ0) is 8.36. The van der Waals surface area contributed by atoms with Gasteiger partial charge in [-0.05, 0) is 6.66 Å². The van der Waals surface area contributed by atoms with Crippen LogP contribution >= 0.6 is 16.2 Å². The fourth-order valence-electron chi connectivity index (χ4n) is 0.440. The molecule has 3 unspecified atom stereocenters. The second-order valence-electron chi connectivity index (χ2n) is 2.08. The van der Waals surface area contributed by atoms with E-state index in [9.17, 15) is 4.57 Å². The van der Waals surface area contributed by atoms with Gasteiger partial charge in [-0.1, -0.05) is 6.92 Å². The molecule has 0 aromatic carbocycles. The Morgan fingerprint density at radius 3 is 2.00 bits per heavy atom. The molecule has 0 saturated carbocycles. The third-order valence-corrected chi connectivity index (χ3v) is 3.89. The van der Waals surface area contributed by atoms with Gasteiger partial charge in [0.25, 0.3) is 0 Å². The van der Waals surface area contributed by atoms with Crippen LogP contribution in [0.25, 0.3) is 0 Å². The monoisotopic (exact) mass is 186 g/mol. The van der Waals surface area contributed by atoms with E-state index in [-0.39, 0.29) is 5.66 Å². The number of rotatable bonds is 3. The summed E-state index contributed by atoms with van der Waals surface area (Å²) in [7, 11) is -3.92. The second-order valence-corrected chi connectivity index (χ2v) is 5.28. The van der Waals surface area contributed by atoms with E-state index in [1.165, 1.54) is 0 Å². The average molecular weight is 186 g/mol. The Morgan fingerprint density at radius 1 is 1.50 bits per heavy atom. The lowest BCUT2D eigenvalue weighted by Crippen LogP contribution is -2.18. The second kappa shape index (κ2) is 3.80. The first-order valence-electron chi connectivity index (χ1n) is 2.80. The van der Waals surface area contributed by atoms with E-state index in [1.54, 1.807) is 13.6 Å². The fourth-order valence-corrected chi connectivity index (χ4v) is 2.35. The molecule has 0 bridgehead atoms. The predicted molar refractivity (Wildman–Crippen MR) is 41.8 cm³/mol. The molecule has 6 heteroatoms. The molecule has 0 aliphatic carbocycles. The Balaban J connectivity index is 4.08. The molecule has 0 amide bonds. The van der Waals surface area contributed by atoms with Gasteiger partial charge in [-0.2, -0.15) is 0 Å². The summed E-state index contributed by atoms with van der Waals surface area (Å²) < 4.78 is 10.4. The van der Waals surface area contributed by atoms with E-state index in [4.69, 9.17) is 14.9 Å². The summed E-state index contributed by atoms with van der Waals surface area (Å²) in [5, 5.41) is 8.90. The SMILES string of the molecule is CPC(C)C(O)P(=O)(O)O. The van der Waals surface area contributed by atoms with Crippen molar-refractivity contribution in [1.29, 1.82) is 0 Å². The largest absolute Gasteiger partial charge is 0.380 e. The molecule has 0 fully saturated rings. The minimum Gasteiger partial charge on any atom is -0.380 e. The van der Waals surface area contributed by atoms with Crippen molar-refractivity contribution in [2.75, 3.05) is 6.66 Å². The van der Waals surface area contributed by atoms with Gasteiger partial charge < -0.3 is 14.9 Å². The summed E-state index contributed by atoms with van der Waals surface area (Å²) in [6.07, 6.45) is 0. The van der Waals surface area contributed by atoms with E-state index >= 15 is 0 Å². The molecule has 0 aromatic heterocycles. The van der Waals surface area contributed by atoms with Crippen LogP contribution in [0.5, 0.6) is 0 Å². The van der Waals surface area contributed by atoms with Crippen molar-refractivity contribution >= 4 is 16.2 Å². The molecule has 0 aromatic rings. The van der Waals surface area contributed by atoms with Crippen LogP contribution in [-0.2, 0) is 4.57 Å². The Morgan fingerprint density at radius 2 is 1.90 bits per heavy atom. The quantitative estimate of drug-likeness (QED) is 0.549. The van der Waals surface area contributed by atoms with Crippen LogP contribution in [0.2, 0.25) is 0 Å². The van der Waals surface area contributed by atoms with E-state index < -0.39 is 13.4 Å². The lowest BCUT2D eigenvalue weighted by molar-refractivity contribution is 0.202. The van der Waals surface area contributed by atoms with E-state index in [2.05, 4.69) is 0 Å². The van der Waals surface area contributed by atoms with Crippen LogP contribution in [0, 0.1) is 0 Å². The molecule has 0 radical (unpaired) electrons. The summed E-state index contributed by atoms with van der Waals surface area (Å²) in [5.74, 6) is -1.49. The van der Waals surface area contributed by atoms with Gasteiger partial charge in [0.05, 0.1) is 0 Å². The highest BCUT2D eigenvalue weighted by molar-refractivity contribution is 7.53. The Labute approximate surface area is 61.6 Å². The van der Waals surface area contributed by atoms with Crippen molar-refractivity contribution in [3.63, 3.8) is 0 Å². The number of aliphatic hydroxyl groups is 1. The molecule has 0 heterocycles. The molecule has 0 rings (SSSR count). The first-order valence-corrected chi connectivity index (χ1v) is 6.06. The van der Waals surface area contributed by atoms with Gasteiger partial charge >= 0.3 is 7.60 Å². The van der Waals surface area contributed by atoms with Crippen LogP contribution in [0.3, 0.4) is 0 Å². The molecule has 0 aliphatic rings. The van der Waals surface area contributed by atoms with Gasteiger partial charge in [0, 0.05) is 5.66 Å². The summed E-state index contributed by atoms with van der Waals surface area (Å²) in [5.41, 5.74) is -0.319. The van der Waals surface area contributed by atoms with Crippen molar-refractivity contribution in [1.82, 2.24) is 0 Å². The van der Waals surface area contributed by atoms with E-state index in [0.717, 1.165) is 0 Å². The summed E-state index contributed by atoms with van der Waals surface area (Å²) >= 11 is 0. The predicted octanol–water partition coefficient (Wildman–Crippen LogP) is 0.179. The molecule has 0 saturated heterocycles. The van der Waals surface area contributed by atoms with Crippen molar-refractivity contribution in [3.8, 4) is 0 Å². The molecule has 0 spiro atoms. The van der Waals surface area contributed by atoms with Gasteiger partial charge in [0.1, 0.15) is 0 Å². The van der Waals surface area contributed by atoms with Crippen molar-refractivity contribution in [3.05, 3.63) is 0 Å². The van der Waals surface area contributed by atoms with Crippen LogP contribution in [0.15, 0.2) is 0 Å². The van der Waals surface area contributed by atoms with Gasteiger partial charge in [0.15, 0.2) is 5.85 Å². The van der Waals surface area contributed by atoms with Gasteiger partial charge in [0.2, 0.25) is 0 Å². The fraction of sp³-hybridized carbons (Fsp3) is 1.00. The molecular formula is C4H12O4P2. The molecule has 3 atom stereocenters. The third kappa shape index (κ3) is 3.09. The molecule has 0 aliphatic heterocycles. The minimum absolute atomic E-state index is 0.319. The zero-order valence-corrected chi connectivity index (χ0v) is 7.75. The van der Waals surface area contributed by atoms with Gasteiger partial charge in [-0.3, -0.25) is 4.57 Å². The van der Waals surface area contributed by atoms with E-state index in [1.807, 2.05) is 0 Å². The maximum atomic E-state index is 10.4. The smallest absolute Gasteiger partial charge is 0.354 e. The average Bonchev–Trinajstić information content (AvgIpc) is 1.83. The van der Waals surface area contributed by atoms with Crippen molar-refractivity contribution in [2.24, 2.45) is 0 Å². The Bertz CT molecular complexity index is 142. The first-order chi connectivity index (χ1) is 4.39. The topological polar surface area (TPSA) is 77.8 Å². The van der Waals surface area contributed by atoms with E-state index in [0.29, 0.717) is 8.58 Å². The standard InChI is InChI=1S/C4H12O4P2/c1-3(9-2)4(5)10(6,7)8/h3-5,9H,1-2H3,(H2,6,7,8). The van der Waals surface area contributed by atoms with Crippen molar-refractivity contribution < 1.29 is 19.5 Å². The maximum Gasteiger partial charge on any atom is 0.354 e. The highest BCUT2D eigenvalue weighted by Gasteiger charge is 2.30. The number of hydrogen-bond donors (Lipinski definition) is 3. The summed E-state index contributed by atoms with van der Waals surface area (Å²) in [6.45, 7) is 3.41. The van der Waals surface area contributed by atoms with Crippen LogP contribution in [-0.4, -0.2) is 33.1 Å². The lowest BCUT2D eigenvalue weighted by Gasteiger charge is -2.17. The molecule has 10 heavy (non-hydrogen) atoms. The molecule has 3 N–H and O–H groups in total. The normalized spacial score (nSPS) is 19.7. The van der Waals surface area contributed by atoms with Crippen LogP contribution in [0.4, 0.5) is 0 Å². The summed E-state index contributed by atoms with van der Waals surface area (Å²) in [6, 6.07) is 0. The van der Waals surface area contributed by atoms with Crippen LogP contribution < -0.4 is 0 Å². The highest BCUT2D eigenvalue weighted by atomic mass is 31.2. The Hall–Kier alpha value is 0.540. The third-order valence-electron chi connectivity index (χ3n) is 1.25. The van der Waals surface area contributed by atoms with Gasteiger partial charge in [-0.25, -0.2) is 0 Å².